The number of nitrogens with one attached hydrogen (secondary N) is 1. The van der Waals surface area contributed by atoms with E-state index in [1.165, 1.54) is 0 Å². The zero-order valence-corrected chi connectivity index (χ0v) is 12.5. The number of carbonyl (C=O) groups excluding carboxylic acids is 1. The predicted molar refractivity (Wildman–Crippen MR) is 80.5 cm³/mol. The molecule has 0 radical (unpaired) electrons. The van der Waals surface area contributed by atoms with Gasteiger partial charge in [-0.25, -0.2) is 9.59 Å². The first-order chi connectivity index (χ1) is 9.97. The van der Waals surface area contributed by atoms with Crippen molar-refractivity contribution in [2.75, 3.05) is 13.6 Å². The van der Waals surface area contributed by atoms with Gasteiger partial charge in [-0.2, -0.15) is 0 Å². The number of benzene rings is 1. The fourth-order valence-corrected chi connectivity index (χ4v) is 2.64. The van der Waals surface area contributed by atoms with E-state index in [4.69, 9.17) is 5.11 Å². The molecule has 1 aliphatic carbocycles. The van der Waals surface area contributed by atoms with E-state index in [-0.39, 0.29) is 6.03 Å². The van der Waals surface area contributed by atoms with Gasteiger partial charge < -0.3 is 15.3 Å². The average molecular weight is 290 g/mol. The number of aromatic carboxylic acids is 1. The second-order valence-corrected chi connectivity index (χ2v) is 5.86. The van der Waals surface area contributed by atoms with Crippen molar-refractivity contribution in [3.63, 3.8) is 0 Å². The van der Waals surface area contributed by atoms with E-state index in [1.807, 2.05) is 6.07 Å². The number of urea groups is 1. The Morgan fingerprint density at radius 2 is 2.00 bits per heavy atom. The summed E-state index contributed by atoms with van der Waals surface area (Å²) in [6.45, 7) is 2.67. The molecule has 0 saturated heterocycles. The summed E-state index contributed by atoms with van der Waals surface area (Å²) in [7, 11) is 1.74. The maximum absolute atomic E-state index is 12.0. The van der Waals surface area contributed by atoms with Gasteiger partial charge in [-0.1, -0.05) is 25.1 Å². The summed E-state index contributed by atoms with van der Waals surface area (Å²) in [5.41, 5.74) is 1.06. The number of carboxylic acid groups (broad SMARTS) is 1. The molecular weight excluding hydrogens is 268 g/mol. The third-order valence-electron chi connectivity index (χ3n) is 4.01. The molecule has 0 aliphatic heterocycles. The van der Waals surface area contributed by atoms with Crippen LogP contribution >= 0.6 is 0 Å². The molecule has 0 bridgehead atoms. The smallest absolute Gasteiger partial charge is 0.335 e. The van der Waals surface area contributed by atoms with Crippen LogP contribution < -0.4 is 5.32 Å². The third-order valence-corrected chi connectivity index (χ3v) is 4.01. The van der Waals surface area contributed by atoms with Gasteiger partial charge in [0.05, 0.1) is 5.56 Å². The fourth-order valence-electron chi connectivity index (χ4n) is 2.64. The van der Waals surface area contributed by atoms with Crippen molar-refractivity contribution in [2.24, 2.45) is 5.92 Å². The normalized spacial score (nSPS) is 20.5. The highest BCUT2D eigenvalue weighted by atomic mass is 16.4. The van der Waals surface area contributed by atoms with Gasteiger partial charge in [-0.05, 0) is 36.8 Å². The molecule has 1 aromatic carbocycles. The first kappa shape index (κ1) is 15.4. The van der Waals surface area contributed by atoms with Crippen molar-refractivity contribution in [1.29, 1.82) is 0 Å². The Balaban J connectivity index is 1.84. The lowest BCUT2D eigenvalue weighted by Gasteiger charge is -2.34. The molecule has 1 fully saturated rings. The van der Waals surface area contributed by atoms with Gasteiger partial charge in [0.1, 0.15) is 0 Å². The van der Waals surface area contributed by atoms with E-state index in [0.717, 1.165) is 18.4 Å². The van der Waals surface area contributed by atoms with Gasteiger partial charge >= 0.3 is 12.0 Å². The van der Waals surface area contributed by atoms with E-state index in [1.54, 1.807) is 30.1 Å². The first-order valence-corrected chi connectivity index (χ1v) is 7.30. The SMILES string of the molecule is CC1CC(NC(=O)N(C)CCc2ccccc2C(=O)O)C1. The molecule has 1 aliphatic rings. The van der Waals surface area contributed by atoms with Crippen LogP contribution in [0.1, 0.15) is 35.7 Å². The molecule has 2 amide bonds. The van der Waals surface area contributed by atoms with Gasteiger partial charge in [0.2, 0.25) is 0 Å². The van der Waals surface area contributed by atoms with Crippen LogP contribution in [0.3, 0.4) is 0 Å². The highest BCUT2D eigenvalue weighted by Crippen LogP contribution is 2.26. The quantitative estimate of drug-likeness (QED) is 0.874. The minimum Gasteiger partial charge on any atom is -0.478 e. The molecule has 0 spiro atoms. The van der Waals surface area contributed by atoms with Crippen LogP contribution in [0.2, 0.25) is 0 Å². The lowest BCUT2D eigenvalue weighted by atomic mass is 9.82. The summed E-state index contributed by atoms with van der Waals surface area (Å²) in [5.74, 6) is -0.232. The molecule has 1 aromatic rings. The Morgan fingerprint density at radius 3 is 2.62 bits per heavy atom. The molecule has 0 aromatic heterocycles. The molecule has 5 heteroatoms. The minimum atomic E-state index is -0.929. The molecule has 2 rings (SSSR count). The number of nitrogens with zero attached hydrogens (tertiary/aromatic N) is 1. The summed E-state index contributed by atoms with van der Waals surface area (Å²) in [6, 6.07) is 7.12. The Morgan fingerprint density at radius 1 is 1.33 bits per heavy atom. The number of carbonyl (C=O) groups is 2. The lowest BCUT2D eigenvalue weighted by molar-refractivity contribution is 0.0695. The van der Waals surface area contributed by atoms with Crippen LogP contribution in [0.25, 0.3) is 0 Å². The molecular formula is C16H22N2O3. The third kappa shape index (κ3) is 3.97. The van der Waals surface area contributed by atoms with Gasteiger partial charge in [0.15, 0.2) is 0 Å². The molecule has 5 nitrogen and oxygen atoms in total. The monoisotopic (exact) mass is 290 g/mol. The van der Waals surface area contributed by atoms with Crippen molar-refractivity contribution in [1.82, 2.24) is 10.2 Å². The molecule has 114 valence electrons. The van der Waals surface area contributed by atoms with Crippen molar-refractivity contribution < 1.29 is 14.7 Å². The number of hydrogen-bond acceptors (Lipinski definition) is 2. The summed E-state index contributed by atoms with van der Waals surface area (Å²) < 4.78 is 0. The lowest BCUT2D eigenvalue weighted by Crippen LogP contribution is -2.48. The van der Waals surface area contributed by atoms with Crippen LogP contribution in [0.15, 0.2) is 24.3 Å². The Labute approximate surface area is 125 Å². The van der Waals surface area contributed by atoms with Crippen LogP contribution in [0.4, 0.5) is 4.79 Å². The van der Waals surface area contributed by atoms with E-state index < -0.39 is 5.97 Å². The molecule has 1 saturated carbocycles. The molecule has 0 atom stereocenters. The van der Waals surface area contributed by atoms with Crippen LogP contribution in [-0.4, -0.2) is 41.6 Å². The number of rotatable bonds is 5. The van der Waals surface area contributed by atoms with Crippen molar-refractivity contribution >= 4 is 12.0 Å². The van der Waals surface area contributed by atoms with Crippen LogP contribution in [-0.2, 0) is 6.42 Å². The number of hydrogen-bond donors (Lipinski definition) is 2. The van der Waals surface area contributed by atoms with Crippen LogP contribution in [0.5, 0.6) is 0 Å². The van der Waals surface area contributed by atoms with Gasteiger partial charge in [-0.3, -0.25) is 0 Å². The van der Waals surface area contributed by atoms with E-state index in [0.29, 0.717) is 30.5 Å². The Hall–Kier alpha value is -2.04. The number of carboxylic acids is 1. The maximum atomic E-state index is 12.0. The van der Waals surface area contributed by atoms with Gasteiger partial charge in [0.25, 0.3) is 0 Å². The van der Waals surface area contributed by atoms with Gasteiger partial charge in [-0.15, -0.1) is 0 Å². The van der Waals surface area contributed by atoms with Crippen molar-refractivity contribution in [3.05, 3.63) is 35.4 Å². The fraction of sp³-hybridized carbons (Fsp3) is 0.500. The maximum Gasteiger partial charge on any atom is 0.335 e. The predicted octanol–water partition coefficient (Wildman–Crippen LogP) is 2.37. The molecule has 0 heterocycles. The van der Waals surface area contributed by atoms with E-state index in [9.17, 15) is 9.59 Å². The topological polar surface area (TPSA) is 69.6 Å². The Bertz CT molecular complexity index is 524. The summed E-state index contributed by atoms with van der Waals surface area (Å²) in [6.07, 6.45) is 2.62. The molecule has 21 heavy (non-hydrogen) atoms. The zero-order chi connectivity index (χ0) is 15.4. The summed E-state index contributed by atoms with van der Waals surface area (Å²) >= 11 is 0. The van der Waals surface area contributed by atoms with Crippen molar-refractivity contribution in [2.45, 2.75) is 32.2 Å². The van der Waals surface area contributed by atoms with Gasteiger partial charge in [0, 0.05) is 19.6 Å². The molecule has 0 unspecified atom stereocenters. The summed E-state index contributed by atoms with van der Waals surface area (Å²) in [4.78, 5) is 24.7. The second kappa shape index (κ2) is 6.61. The number of likely N-dealkylation sites (N-methyl/N-ethyl adjacent to an activating group) is 1. The number of amides is 2. The Kier molecular flexibility index (Phi) is 4.83. The summed E-state index contributed by atoms with van der Waals surface area (Å²) in [5, 5.41) is 12.1. The van der Waals surface area contributed by atoms with E-state index >= 15 is 0 Å². The molecule has 2 N–H and O–H groups in total. The first-order valence-electron chi connectivity index (χ1n) is 7.30. The van der Waals surface area contributed by atoms with Crippen molar-refractivity contribution in [3.8, 4) is 0 Å². The standard InChI is InChI=1S/C16H22N2O3/c1-11-9-13(10-11)17-16(21)18(2)8-7-12-5-3-4-6-14(12)15(19)20/h3-6,11,13H,7-10H2,1-2H3,(H,17,21)(H,19,20). The van der Waals surface area contributed by atoms with Crippen LogP contribution in [0, 0.1) is 5.92 Å². The zero-order valence-electron chi connectivity index (χ0n) is 12.5. The van der Waals surface area contributed by atoms with E-state index in [2.05, 4.69) is 12.2 Å². The minimum absolute atomic E-state index is 0.0836. The average Bonchev–Trinajstić information content (AvgIpc) is 2.43. The largest absolute Gasteiger partial charge is 0.478 e. The highest BCUT2D eigenvalue weighted by molar-refractivity contribution is 5.89. The highest BCUT2D eigenvalue weighted by Gasteiger charge is 2.27. The second-order valence-electron chi connectivity index (χ2n) is 5.86.